The minimum absolute atomic E-state index is 1.28. The molecule has 1 heterocycles. The molecule has 1 heteroatoms. The van der Waals surface area contributed by atoms with E-state index in [0.717, 1.165) is 0 Å². The molecule has 0 amide bonds. The molecule has 0 aliphatic carbocycles. The fraction of sp³-hybridized carbons (Fsp3) is 0.158. The summed E-state index contributed by atoms with van der Waals surface area (Å²) in [6.07, 6.45) is 6.30. The number of aryl methyl sites for hydroxylation is 1. The maximum Gasteiger partial charge on any atom is 0.0494 e. The fourth-order valence-electron chi connectivity index (χ4n) is 2.74. The molecule has 20 heavy (non-hydrogen) atoms. The van der Waals surface area contributed by atoms with Gasteiger partial charge in [0.15, 0.2) is 0 Å². The number of nitrogens with zero attached hydrogens (tertiary/aromatic N) is 1. The molecule has 3 aromatic rings. The van der Waals surface area contributed by atoms with Crippen LogP contribution in [0.4, 0.5) is 0 Å². The van der Waals surface area contributed by atoms with Crippen molar-refractivity contribution in [3.8, 4) is 0 Å². The number of allylic oxidation sites excluding steroid dienone is 4. The molecule has 0 aliphatic heterocycles. The van der Waals surface area contributed by atoms with Crippen LogP contribution >= 0.6 is 0 Å². The molecule has 1 aromatic heterocycles. The standard InChI is InChI=1S/C19H19N/c1-4-5-8-14(2)15-11-12-17-16-9-6-7-10-18(16)20(3)19(17)13-15/h4-13H,1-3H3/b5-4-,14-8?. The Labute approximate surface area is 119 Å². The van der Waals surface area contributed by atoms with Gasteiger partial charge in [0, 0.05) is 28.9 Å². The van der Waals surface area contributed by atoms with Gasteiger partial charge >= 0.3 is 0 Å². The quantitative estimate of drug-likeness (QED) is 0.551. The summed E-state index contributed by atoms with van der Waals surface area (Å²) < 4.78 is 2.27. The molecule has 0 spiro atoms. The molecule has 0 saturated carbocycles. The van der Waals surface area contributed by atoms with Crippen molar-refractivity contribution in [2.75, 3.05) is 0 Å². The largest absolute Gasteiger partial charge is 0.344 e. The first-order valence-corrected chi connectivity index (χ1v) is 6.99. The van der Waals surface area contributed by atoms with Crippen LogP contribution in [0.3, 0.4) is 0 Å². The van der Waals surface area contributed by atoms with Gasteiger partial charge < -0.3 is 4.57 Å². The predicted octanol–water partition coefficient (Wildman–Crippen LogP) is 5.31. The lowest BCUT2D eigenvalue weighted by molar-refractivity contribution is 1.01. The van der Waals surface area contributed by atoms with Crippen LogP contribution in [0.25, 0.3) is 27.4 Å². The SMILES string of the molecule is C/C=C\C=C(C)c1ccc2c3ccccc3n(C)c2c1. The van der Waals surface area contributed by atoms with E-state index < -0.39 is 0 Å². The summed E-state index contributed by atoms with van der Waals surface area (Å²) in [7, 11) is 2.14. The Kier molecular flexibility index (Phi) is 3.19. The van der Waals surface area contributed by atoms with E-state index in [2.05, 4.69) is 79.2 Å². The van der Waals surface area contributed by atoms with E-state index in [9.17, 15) is 0 Å². The maximum atomic E-state index is 2.28. The average Bonchev–Trinajstić information content (AvgIpc) is 2.78. The van der Waals surface area contributed by atoms with E-state index in [4.69, 9.17) is 0 Å². The second kappa shape index (κ2) is 5.01. The van der Waals surface area contributed by atoms with Crippen LogP contribution in [0.15, 0.2) is 60.7 Å². The van der Waals surface area contributed by atoms with Crippen LogP contribution < -0.4 is 0 Å². The highest BCUT2D eigenvalue weighted by Gasteiger charge is 2.08. The van der Waals surface area contributed by atoms with Gasteiger partial charge in [-0.1, -0.05) is 48.6 Å². The zero-order chi connectivity index (χ0) is 14.1. The van der Waals surface area contributed by atoms with Gasteiger partial charge in [0.25, 0.3) is 0 Å². The third-order valence-corrected chi connectivity index (χ3v) is 3.91. The number of para-hydroxylation sites is 1. The van der Waals surface area contributed by atoms with Gasteiger partial charge in [-0.25, -0.2) is 0 Å². The molecule has 0 radical (unpaired) electrons. The lowest BCUT2D eigenvalue weighted by Gasteiger charge is -2.03. The van der Waals surface area contributed by atoms with Gasteiger partial charge in [-0.2, -0.15) is 0 Å². The second-order valence-corrected chi connectivity index (χ2v) is 5.18. The van der Waals surface area contributed by atoms with Crippen molar-refractivity contribution < 1.29 is 0 Å². The van der Waals surface area contributed by atoms with E-state index in [1.54, 1.807) is 0 Å². The highest BCUT2D eigenvalue weighted by Crippen LogP contribution is 2.30. The summed E-state index contributed by atoms with van der Waals surface area (Å²) in [5.41, 5.74) is 5.14. The van der Waals surface area contributed by atoms with Crippen molar-refractivity contribution in [3.63, 3.8) is 0 Å². The Bertz CT molecular complexity index is 831. The first-order valence-electron chi connectivity index (χ1n) is 6.99. The molecular weight excluding hydrogens is 242 g/mol. The van der Waals surface area contributed by atoms with Crippen LogP contribution in [0.1, 0.15) is 19.4 Å². The molecule has 100 valence electrons. The van der Waals surface area contributed by atoms with Crippen LogP contribution in [-0.4, -0.2) is 4.57 Å². The number of rotatable bonds is 2. The van der Waals surface area contributed by atoms with E-state index in [1.165, 1.54) is 32.9 Å². The normalized spacial score (nSPS) is 12.8. The van der Waals surface area contributed by atoms with E-state index in [-0.39, 0.29) is 0 Å². The Morgan fingerprint density at radius 1 is 1.00 bits per heavy atom. The number of hydrogen-bond acceptors (Lipinski definition) is 0. The Hall–Kier alpha value is -2.28. The van der Waals surface area contributed by atoms with Crippen molar-refractivity contribution in [2.45, 2.75) is 13.8 Å². The third kappa shape index (κ3) is 1.96. The monoisotopic (exact) mass is 261 g/mol. The summed E-state index contributed by atoms with van der Waals surface area (Å²) >= 11 is 0. The molecule has 0 fully saturated rings. The van der Waals surface area contributed by atoms with Crippen LogP contribution in [0.2, 0.25) is 0 Å². The highest BCUT2D eigenvalue weighted by molar-refractivity contribution is 6.08. The zero-order valence-electron chi connectivity index (χ0n) is 12.2. The minimum atomic E-state index is 1.28. The zero-order valence-corrected chi connectivity index (χ0v) is 12.2. The van der Waals surface area contributed by atoms with E-state index in [0.29, 0.717) is 0 Å². The third-order valence-electron chi connectivity index (χ3n) is 3.91. The van der Waals surface area contributed by atoms with Crippen molar-refractivity contribution in [1.29, 1.82) is 0 Å². The first-order chi connectivity index (χ1) is 9.72. The van der Waals surface area contributed by atoms with Gasteiger partial charge in [0.1, 0.15) is 0 Å². The summed E-state index contributed by atoms with van der Waals surface area (Å²) in [5.74, 6) is 0. The molecule has 0 unspecified atom stereocenters. The van der Waals surface area contributed by atoms with Gasteiger partial charge in [-0.3, -0.25) is 0 Å². The summed E-state index contributed by atoms with van der Waals surface area (Å²) in [6.45, 7) is 4.20. The Morgan fingerprint density at radius 2 is 1.75 bits per heavy atom. The van der Waals surface area contributed by atoms with Gasteiger partial charge in [0.2, 0.25) is 0 Å². The molecule has 0 bridgehead atoms. The molecule has 0 N–H and O–H groups in total. The number of hydrogen-bond donors (Lipinski definition) is 0. The molecule has 0 saturated heterocycles. The lowest BCUT2D eigenvalue weighted by atomic mass is 10.0. The number of fused-ring (bicyclic) bond motifs is 3. The molecular formula is C19H19N. The van der Waals surface area contributed by atoms with Crippen LogP contribution in [-0.2, 0) is 7.05 Å². The topological polar surface area (TPSA) is 4.93 Å². The molecule has 2 aromatic carbocycles. The number of aromatic nitrogens is 1. The summed E-state index contributed by atoms with van der Waals surface area (Å²) in [4.78, 5) is 0. The van der Waals surface area contributed by atoms with Crippen molar-refractivity contribution in [2.24, 2.45) is 7.05 Å². The van der Waals surface area contributed by atoms with Gasteiger partial charge in [-0.15, -0.1) is 0 Å². The molecule has 1 nitrogen and oxygen atoms in total. The van der Waals surface area contributed by atoms with Gasteiger partial charge in [0.05, 0.1) is 0 Å². The Morgan fingerprint density at radius 3 is 2.55 bits per heavy atom. The summed E-state index contributed by atoms with van der Waals surface area (Å²) in [6, 6.07) is 15.3. The molecule has 3 rings (SSSR count). The molecule has 0 atom stereocenters. The summed E-state index contributed by atoms with van der Waals surface area (Å²) in [5, 5.41) is 2.65. The highest BCUT2D eigenvalue weighted by atomic mass is 14.9. The molecule has 0 aliphatic rings. The maximum absolute atomic E-state index is 2.28. The van der Waals surface area contributed by atoms with Crippen molar-refractivity contribution in [1.82, 2.24) is 4.57 Å². The van der Waals surface area contributed by atoms with Crippen LogP contribution in [0, 0.1) is 0 Å². The Balaban J connectivity index is 2.26. The second-order valence-electron chi connectivity index (χ2n) is 5.18. The van der Waals surface area contributed by atoms with Crippen molar-refractivity contribution in [3.05, 3.63) is 66.3 Å². The van der Waals surface area contributed by atoms with Gasteiger partial charge in [-0.05, 0) is 37.1 Å². The van der Waals surface area contributed by atoms with E-state index in [1.807, 2.05) is 6.92 Å². The number of benzene rings is 2. The smallest absolute Gasteiger partial charge is 0.0494 e. The van der Waals surface area contributed by atoms with Crippen LogP contribution in [0.5, 0.6) is 0 Å². The minimum Gasteiger partial charge on any atom is -0.344 e. The average molecular weight is 261 g/mol. The van der Waals surface area contributed by atoms with Crippen molar-refractivity contribution >= 4 is 27.4 Å². The predicted molar refractivity (Wildman–Crippen MR) is 88.9 cm³/mol. The fourth-order valence-corrected chi connectivity index (χ4v) is 2.74. The first kappa shape index (κ1) is 12.7. The lowest BCUT2D eigenvalue weighted by Crippen LogP contribution is -1.87. The van der Waals surface area contributed by atoms with E-state index >= 15 is 0 Å².